The quantitative estimate of drug-likeness (QED) is 0.606. The molecule has 100 valence electrons. The van der Waals surface area contributed by atoms with E-state index in [-0.39, 0.29) is 12.0 Å². The Kier molecular flexibility index (Phi) is 4.60. The number of hydrogen-bond donors (Lipinski definition) is 0. The minimum atomic E-state index is -0.488. The van der Waals surface area contributed by atoms with Crippen LogP contribution < -0.4 is 0 Å². The molecule has 18 heavy (non-hydrogen) atoms. The van der Waals surface area contributed by atoms with Crippen molar-refractivity contribution in [3.05, 3.63) is 0 Å². The van der Waals surface area contributed by atoms with Gasteiger partial charge in [0.15, 0.2) is 0 Å². The zero-order valence-corrected chi connectivity index (χ0v) is 11.4. The van der Waals surface area contributed by atoms with E-state index in [1.54, 1.807) is 16.7 Å². The number of rotatable bonds is 0. The van der Waals surface area contributed by atoms with Gasteiger partial charge in [-0.05, 0) is 33.6 Å². The predicted molar refractivity (Wildman–Crippen MR) is 67.8 cm³/mol. The van der Waals surface area contributed by atoms with Gasteiger partial charge in [-0.1, -0.05) is 5.92 Å². The number of ether oxygens (including phenoxy) is 1. The van der Waals surface area contributed by atoms with Gasteiger partial charge in [-0.3, -0.25) is 4.79 Å². The maximum Gasteiger partial charge on any atom is 0.410 e. The largest absolute Gasteiger partial charge is 0.444 e. The van der Waals surface area contributed by atoms with Gasteiger partial charge in [0.1, 0.15) is 5.60 Å². The van der Waals surface area contributed by atoms with Crippen molar-refractivity contribution in [2.75, 3.05) is 26.2 Å². The molecule has 0 saturated carbocycles. The standard InChI is InChI=1S/C13H20N2O3/c1-5-6-11(16)14-7-9-15(10-8-14)12(17)18-13(2,3)4/h7-10H2,1-4H3. The summed E-state index contributed by atoms with van der Waals surface area (Å²) < 4.78 is 5.28. The number of piperazine rings is 1. The van der Waals surface area contributed by atoms with E-state index < -0.39 is 5.60 Å². The average Bonchev–Trinajstić information content (AvgIpc) is 2.27. The van der Waals surface area contributed by atoms with Crippen LogP contribution in [0.1, 0.15) is 27.7 Å². The first-order chi connectivity index (χ1) is 8.33. The summed E-state index contributed by atoms with van der Waals surface area (Å²) >= 11 is 0. The Labute approximate surface area is 108 Å². The van der Waals surface area contributed by atoms with E-state index in [1.807, 2.05) is 20.8 Å². The van der Waals surface area contributed by atoms with Gasteiger partial charge in [-0.2, -0.15) is 0 Å². The van der Waals surface area contributed by atoms with Crippen LogP contribution in [0, 0.1) is 11.8 Å². The van der Waals surface area contributed by atoms with Gasteiger partial charge in [-0.25, -0.2) is 4.79 Å². The lowest BCUT2D eigenvalue weighted by atomic mass is 10.2. The monoisotopic (exact) mass is 252 g/mol. The molecular formula is C13H20N2O3. The first-order valence-corrected chi connectivity index (χ1v) is 6.03. The maximum absolute atomic E-state index is 11.8. The summed E-state index contributed by atoms with van der Waals surface area (Å²) in [7, 11) is 0. The van der Waals surface area contributed by atoms with Crippen molar-refractivity contribution in [3.63, 3.8) is 0 Å². The van der Waals surface area contributed by atoms with E-state index in [4.69, 9.17) is 4.74 Å². The van der Waals surface area contributed by atoms with Gasteiger partial charge >= 0.3 is 6.09 Å². The van der Waals surface area contributed by atoms with Crippen molar-refractivity contribution in [2.24, 2.45) is 0 Å². The molecule has 1 aliphatic heterocycles. The first kappa shape index (κ1) is 14.4. The molecule has 0 unspecified atom stereocenters. The normalized spacial score (nSPS) is 15.8. The summed E-state index contributed by atoms with van der Waals surface area (Å²) in [6.45, 7) is 9.14. The molecular weight excluding hydrogens is 232 g/mol. The molecule has 1 saturated heterocycles. The summed E-state index contributed by atoms with van der Waals surface area (Å²) in [5.74, 6) is 4.90. The second kappa shape index (κ2) is 5.76. The molecule has 0 aromatic carbocycles. The molecule has 2 amide bonds. The number of amides is 2. The van der Waals surface area contributed by atoms with E-state index in [0.717, 1.165) is 0 Å². The Hall–Kier alpha value is -1.70. The number of carbonyl (C=O) groups excluding carboxylic acids is 2. The van der Waals surface area contributed by atoms with Crippen molar-refractivity contribution >= 4 is 12.0 Å². The van der Waals surface area contributed by atoms with Gasteiger partial charge in [0.05, 0.1) is 0 Å². The average molecular weight is 252 g/mol. The minimum Gasteiger partial charge on any atom is -0.444 e. The molecule has 0 aromatic rings. The van der Waals surface area contributed by atoms with E-state index in [1.165, 1.54) is 0 Å². The number of hydrogen-bond acceptors (Lipinski definition) is 3. The fourth-order valence-corrected chi connectivity index (χ4v) is 1.60. The highest BCUT2D eigenvalue weighted by Gasteiger charge is 2.26. The Balaban J connectivity index is 2.46. The third-order valence-corrected chi connectivity index (χ3v) is 2.45. The Morgan fingerprint density at radius 3 is 2.00 bits per heavy atom. The molecule has 5 nitrogen and oxygen atoms in total. The minimum absolute atomic E-state index is 0.179. The topological polar surface area (TPSA) is 49.9 Å². The first-order valence-electron chi connectivity index (χ1n) is 6.03. The van der Waals surface area contributed by atoms with Gasteiger partial charge in [-0.15, -0.1) is 0 Å². The summed E-state index contributed by atoms with van der Waals surface area (Å²) in [6, 6.07) is 0. The molecule has 1 heterocycles. The Morgan fingerprint density at radius 2 is 1.56 bits per heavy atom. The summed E-state index contributed by atoms with van der Waals surface area (Å²) in [6.07, 6.45) is -0.323. The van der Waals surface area contributed by atoms with Crippen molar-refractivity contribution < 1.29 is 14.3 Å². The Morgan fingerprint density at radius 1 is 1.06 bits per heavy atom. The second-order valence-corrected chi connectivity index (χ2v) is 5.13. The SMILES string of the molecule is CC#CC(=O)N1CCN(C(=O)OC(C)(C)C)CC1. The lowest BCUT2D eigenvalue weighted by Crippen LogP contribution is -2.51. The van der Waals surface area contributed by atoms with Crippen molar-refractivity contribution in [2.45, 2.75) is 33.3 Å². The van der Waals surface area contributed by atoms with E-state index in [9.17, 15) is 9.59 Å². The van der Waals surface area contributed by atoms with Gasteiger partial charge < -0.3 is 14.5 Å². The fourth-order valence-electron chi connectivity index (χ4n) is 1.60. The van der Waals surface area contributed by atoms with Gasteiger partial charge in [0.25, 0.3) is 5.91 Å². The van der Waals surface area contributed by atoms with Crippen LogP contribution in [-0.4, -0.2) is 53.6 Å². The third-order valence-electron chi connectivity index (χ3n) is 2.45. The summed E-state index contributed by atoms with van der Waals surface area (Å²) in [5.41, 5.74) is -0.488. The second-order valence-electron chi connectivity index (χ2n) is 5.13. The molecule has 0 aliphatic carbocycles. The highest BCUT2D eigenvalue weighted by atomic mass is 16.6. The van der Waals surface area contributed by atoms with E-state index in [0.29, 0.717) is 26.2 Å². The van der Waals surface area contributed by atoms with Crippen LogP contribution in [0.25, 0.3) is 0 Å². The lowest BCUT2D eigenvalue weighted by molar-refractivity contribution is -0.126. The van der Waals surface area contributed by atoms with Crippen LogP contribution in [-0.2, 0) is 9.53 Å². The highest BCUT2D eigenvalue weighted by Crippen LogP contribution is 2.11. The van der Waals surface area contributed by atoms with E-state index in [2.05, 4.69) is 11.8 Å². The molecule has 1 fully saturated rings. The third kappa shape index (κ3) is 4.28. The van der Waals surface area contributed by atoms with Crippen molar-refractivity contribution in [3.8, 4) is 11.8 Å². The zero-order valence-electron chi connectivity index (χ0n) is 11.4. The molecule has 1 aliphatic rings. The molecule has 1 rings (SSSR count). The maximum atomic E-state index is 11.8. The van der Waals surface area contributed by atoms with Crippen molar-refractivity contribution in [1.82, 2.24) is 9.80 Å². The van der Waals surface area contributed by atoms with Gasteiger partial charge in [0, 0.05) is 26.2 Å². The molecule has 0 aromatic heterocycles. The Bertz CT molecular complexity index is 379. The predicted octanol–water partition coefficient (Wildman–Crippen LogP) is 1.09. The van der Waals surface area contributed by atoms with Crippen LogP contribution in [0.15, 0.2) is 0 Å². The summed E-state index contributed by atoms with van der Waals surface area (Å²) in [4.78, 5) is 26.6. The molecule has 0 radical (unpaired) electrons. The number of nitrogens with zero attached hydrogens (tertiary/aromatic N) is 2. The van der Waals surface area contributed by atoms with Crippen LogP contribution in [0.2, 0.25) is 0 Å². The summed E-state index contributed by atoms with van der Waals surface area (Å²) in [5, 5.41) is 0. The molecule has 0 bridgehead atoms. The fraction of sp³-hybridized carbons (Fsp3) is 0.692. The van der Waals surface area contributed by atoms with Crippen LogP contribution in [0.4, 0.5) is 4.79 Å². The van der Waals surface area contributed by atoms with Crippen LogP contribution in [0.5, 0.6) is 0 Å². The highest BCUT2D eigenvalue weighted by molar-refractivity contribution is 5.93. The zero-order chi connectivity index (χ0) is 13.8. The molecule has 0 spiro atoms. The molecule has 5 heteroatoms. The van der Waals surface area contributed by atoms with Crippen LogP contribution >= 0.6 is 0 Å². The van der Waals surface area contributed by atoms with Crippen LogP contribution in [0.3, 0.4) is 0 Å². The van der Waals surface area contributed by atoms with Gasteiger partial charge in [0.2, 0.25) is 0 Å². The smallest absolute Gasteiger partial charge is 0.410 e. The lowest BCUT2D eigenvalue weighted by Gasteiger charge is -2.34. The molecule has 0 N–H and O–H groups in total. The van der Waals surface area contributed by atoms with E-state index >= 15 is 0 Å². The van der Waals surface area contributed by atoms with Crippen molar-refractivity contribution in [1.29, 1.82) is 0 Å². The number of carbonyl (C=O) groups is 2. The molecule has 0 atom stereocenters.